The van der Waals surface area contributed by atoms with Crippen molar-refractivity contribution in [1.29, 1.82) is 0 Å². The Bertz CT molecular complexity index is 419. The minimum atomic E-state index is -0.162. The second kappa shape index (κ2) is 6.26. The topological polar surface area (TPSA) is 67.8 Å². The molecule has 0 radical (unpaired) electrons. The van der Waals surface area contributed by atoms with Crippen molar-refractivity contribution in [3.8, 4) is 11.5 Å². The van der Waals surface area contributed by atoms with Crippen LogP contribution in [-0.2, 0) is 11.3 Å². The standard InChI is InChI=1S/C13H17NO4/c15-5-4-13(16)14-9-10-2-3-11-12(8-10)18-7-1-6-17-11/h2-3,8,15H,1,4-7,9H2,(H,14,16). The monoisotopic (exact) mass is 251 g/mol. The first-order valence-electron chi connectivity index (χ1n) is 6.05. The molecule has 5 heteroatoms. The van der Waals surface area contributed by atoms with E-state index in [1.165, 1.54) is 0 Å². The van der Waals surface area contributed by atoms with E-state index in [0.717, 1.165) is 23.5 Å². The van der Waals surface area contributed by atoms with Crippen molar-refractivity contribution in [3.05, 3.63) is 23.8 Å². The van der Waals surface area contributed by atoms with Gasteiger partial charge < -0.3 is 19.9 Å². The number of fused-ring (bicyclic) bond motifs is 1. The SMILES string of the molecule is O=C(CCO)NCc1ccc2c(c1)OCCCO2. The van der Waals surface area contributed by atoms with E-state index >= 15 is 0 Å². The van der Waals surface area contributed by atoms with Crippen molar-refractivity contribution in [2.75, 3.05) is 19.8 Å². The predicted octanol–water partition coefficient (Wildman–Crippen LogP) is 0.846. The highest BCUT2D eigenvalue weighted by molar-refractivity contribution is 5.75. The number of amides is 1. The van der Waals surface area contributed by atoms with Crippen molar-refractivity contribution in [3.63, 3.8) is 0 Å². The lowest BCUT2D eigenvalue weighted by molar-refractivity contribution is -0.121. The lowest BCUT2D eigenvalue weighted by Crippen LogP contribution is -2.23. The summed E-state index contributed by atoms with van der Waals surface area (Å²) in [6.07, 6.45) is 1.00. The van der Waals surface area contributed by atoms with Crippen LogP contribution in [0, 0.1) is 0 Å². The maximum atomic E-state index is 11.2. The van der Waals surface area contributed by atoms with Gasteiger partial charge in [-0.1, -0.05) is 6.07 Å². The van der Waals surface area contributed by atoms with Gasteiger partial charge in [-0.05, 0) is 17.7 Å². The van der Waals surface area contributed by atoms with Crippen LogP contribution in [0.5, 0.6) is 11.5 Å². The number of carbonyl (C=O) groups is 1. The number of aliphatic hydroxyl groups excluding tert-OH is 1. The van der Waals surface area contributed by atoms with Crippen LogP contribution in [0.2, 0.25) is 0 Å². The van der Waals surface area contributed by atoms with Gasteiger partial charge in [-0.3, -0.25) is 4.79 Å². The van der Waals surface area contributed by atoms with Gasteiger partial charge in [0.05, 0.1) is 19.8 Å². The molecule has 0 spiro atoms. The lowest BCUT2D eigenvalue weighted by atomic mass is 10.2. The summed E-state index contributed by atoms with van der Waals surface area (Å²) < 4.78 is 11.1. The van der Waals surface area contributed by atoms with Crippen LogP contribution >= 0.6 is 0 Å². The number of benzene rings is 1. The highest BCUT2D eigenvalue weighted by atomic mass is 16.5. The second-order valence-corrected chi connectivity index (χ2v) is 4.08. The summed E-state index contributed by atoms with van der Waals surface area (Å²) in [6, 6.07) is 5.63. The van der Waals surface area contributed by atoms with Crippen molar-refractivity contribution < 1.29 is 19.4 Å². The number of carbonyl (C=O) groups excluding carboxylic acids is 1. The molecule has 2 rings (SSSR count). The van der Waals surface area contributed by atoms with Gasteiger partial charge in [-0.25, -0.2) is 0 Å². The first-order valence-corrected chi connectivity index (χ1v) is 6.05. The highest BCUT2D eigenvalue weighted by Gasteiger charge is 2.10. The van der Waals surface area contributed by atoms with Gasteiger partial charge in [0.2, 0.25) is 5.91 Å². The summed E-state index contributed by atoms with van der Waals surface area (Å²) >= 11 is 0. The molecule has 1 aromatic carbocycles. The normalized spacial score (nSPS) is 13.8. The number of hydrogen-bond donors (Lipinski definition) is 2. The molecule has 1 heterocycles. The van der Waals surface area contributed by atoms with Gasteiger partial charge in [0.25, 0.3) is 0 Å². The predicted molar refractivity (Wildman–Crippen MR) is 65.6 cm³/mol. The molecule has 18 heavy (non-hydrogen) atoms. The van der Waals surface area contributed by atoms with E-state index in [0.29, 0.717) is 19.8 Å². The van der Waals surface area contributed by atoms with Gasteiger partial charge in [-0.15, -0.1) is 0 Å². The van der Waals surface area contributed by atoms with E-state index in [-0.39, 0.29) is 18.9 Å². The Morgan fingerprint density at radius 3 is 2.83 bits per heavy atom. The Morgan fingerprint density at radius 2 is 2.06 bits per heavy atom. The fourth-order valence-corrected chi connectivity index (χ4v) is 1.71. The van der Waals surface area contributed by atoms with Crippen LogP contribution in [0.1, 0.15) is 18.4 Å². The fourth-order valence-electron chi connectivity index (χ4n) is 1.71. The first-order chi connectivity index (χ1) is 8.79. The van der Waals surface area contributed by atoms with Crippen molar-refractivity contribution in [2.45, 2.75) is 19.4 Å². The number of nitrogens with one attached hydrogen (secondary N) is 1. The Labute approximate surface area is 106 Å². The third-order valence-corrected chi connectivity index (χ3v) is 2.64. The zero-order valence-corrected chi connectivity index (χ0v) is 10.1. The maximum absolute atomic E-state index is 11.2. The van der Waals surface area contributed by atoms with E-state index in [4.69, 9.17) is 14.6 Å². The quantitative estimate of drug-likeness (QED) is 0.832. The van der Waals surface area contributed by atoms with E-state index in [1.807, 2.05) is 18.2 Å². The zero-order chi connectivity index (χ0) is 12.8. The summed E-state index contributed by atoms with van der Waals surface area (Å²) in [5.74, 6) is 1.31. The minimum Gasteiger partial charge on any atom is -0.490 e. The molecule has 0 bridgehead atoms. The van der Waals surface area contributed by atoms with Crippen LogP contribution in [0.4, 0.5) is 0 Å². The van der Waals surface area contributed by atoms with E-state index in [1.54, 1.807) is 0 Å². The largest absolute Gasteiger partial charge is 0.490 e. The number of aliphatic hydroxyl groups is 1. The molecule has 0 saturated heterocycles. The van der Waals surface area contributed by atoms with Crippen LogP contribution in [0.25, 0.3) is 0 Å². The Hall–Kier alpha value is -1.75. The molecular formula is C13H17NO4. The molecule has 0 aliphatic carbocycles. The summed E-state index contributed by atoms with van der Waals surface area (Å²) in [6.45, 7) is 1.61. The number of rotatable bonds is 4. The molecular weight excluding hydrogens is 234 g/mol. The van der Waals surface area contributed by atoms with E-state index in [9.17, 15) is 4.79 Å². The summed E-state index contributed by atoms with van der Waals surface area (Å²) in [5, 5.41) is 11.4. The first kappa shape index (κ1) is 12.7. The molecule has 5 nitrogen and oxygen atoms in total. The molecule has 0 unspecified atom stereocenters. The number of hydrogen-bond acceptors (Lipinski definition) is 4. The molecule has 2 N–H and O–H groups in total. The van der Waals surface area contributed by atoms with Crippen molar-refractivity contribution >= 4 is 5.91 Å². The van der Waals surface area contributed by atoms with E-state index < -0.39 is 0 Å². The Balaban J connectivity index is 1.97. The average Bonchev–Trinajstić information content (AvgIpc) is 2.61. The van der Waals surface area contributed by atoms with Gasteiger partial charge in [-0.2, -0.15) is 0 Å². The summed E-state index contributed by atoms with van der Waals surface area (Å²) in [5.41, 5.74) is 0.950. The third kappa shape index (κ3) is 3.37. The lowest BCUT2D eigenvalue weighted by Gasteiger charge is -2.10. The Kier molecular flexibility index (Phi) is 4.41. The molecule has 0 aromatic heterocycles. The fraction of sp³-hybridized carbons (Fsp3) is 0.462. The molecule has 98 valence electrons. The van der Waals surface area contributed by atoms with E-state index in [2.05, 4.69) is 5.32 Å². The maximum Gasteiger partial charge on any atom is 0.222 e. The van der Waals surface area contributed by atoms with Crippen molar-refractivity contribution in [1.82, 2.24) is 5.32 Å². The summed E-state index contributed by atoms with van der Waals surface area (Å²) in [4.78, 5) is 11.2. The second-order valence-electron chi connectivity index (χ2n) is 4.08. The molecule has 0 fully saturated rings. The average molecular weight is 251 g/mol. The summed E-state index contributed by atoms with van der Waals surface area (Å²) in [7, 11) is 0. The van der Waals surface area contributed by atoms with Crippen LogP contribution in [0.15, 0.2) is 18.2 Å². The van der Waals surface area contributed by atoms with Crippen LogP contribution in [-0.4, -0.2) is 30.8 Å². The smallest absolute Gasteiger partial charge is 0.222 e. The molecule has 1 aliphatic heterocycles. The van der Waals surface area contributed by atoms with Gasteiger partial charge >= 0.3 is 0 Å². The van der Waals surface area contributed by atoms with Gasteiger partial charge in [0.1, 0.15) is 0 Å². The minimum absolute atomic E-state index is 0.130. The molecule has 1 aliphatic rings. The zero-order valence-electron chi connectivity index (χ0n) is 10.1. The van der Waals surface area contributed by atoms with Crippen LogP contribution < -0.4 is 14.8 Å². The van der Waals surface area contributed by atoms with Gasteiger partial charge in [0, 0.05) is 19.4 Å². The van der Waals surface area contributed by atoms with Gasteiger partial charge in [0.15, 0.2) is 11.5 Å². The number of ether oxygens (including phenoxy) is 2. The van der Waals surface area contributed by atoms with Crippen molar-refractivity contribution in [2.24, 2.45) is 0 Å². The molecule has 1 amide bonds. The van der Waals surface area contributed by atoms with Crippen LogP contribution in [0.3, 0.4) is 0 Å². The highest BCUT2D eigenvalue weighted by Crippen LogP contribution is 2.30. The molecule has 1 aromatic rings. The third-order valence-electron chi connectivity index (χ3n) is 2.64. The Morgan fingerprint density at radius 1 is 1.28 bits per heavy atom. The molecule has 0 saturated carbocycles. The molecule has 0 atom stereocenters.